The van der Waals surface area contributed by atoms with E-state index in [1.807, 2.05) is 4.90 Å². The number of hydrogen-bond donors (Lipinski definition) is 3. The van der Waals surface area contributed by atoms with E-state index in [1.54, 1.807) is 0 Å². The Kier molecular flexibility index (Phi) is 5.08. The Morgan fingerprint density at radius 1 is 1.38 bits per heavy atom. The molecule has 2 atom stereocenters. The van der Waals surface area contributed by atoms with Crippen molar-refractivity contribution in [3.05, 3.63) is 0 Å². The van der Waals surface area contributed by atoms with Crippen molar-refractivity contribution in [1.82, 2.24) is 15.5 Å². The maximum absolute atomic E-state index is 12.8. The molecular weight excluding hydrogens is 268 g/mol. The first-order chi connectivity index (χ1) is 9.90. The van der Waals surface area contributed by atoms with Gasteiger partial charge in [0.25, 0.3) is 0 Å². The van der Waals surface area contributed by atoms with Crippen molar-refractivity contribution in [2.24, 2.45) is 17.1 Å². The van der Waals surface area contributed by atoms with Crippen molar-refractivity contribution in [2.45, 2.75) is 45.6 Å². The second-order valence-electron chi connectivity index (χ2n) is 7.02. The first-order valence-corrected chi connectivity index (χ1v) is 7.95. The fourth-order valence-electron chi connectivity index (χ4n) is 3.49. The van der Waals surface area contributed by atoms with Gasteiger partial charge in [-0.25, -0.2) is 4.79 Å². The monoisotopic (exact) mass is 296 g/mol. The van der Waals surface area contributed by atoms with E-state index in [2.05, 4.69) is 24.5 Å². The summed E-state index contributed by atoms with van der Waals surface area (Å²) < 4.78 is 0. The van der Waals surface area contributed by atoms with Crippen molar-refractivity contribution in [2.75, 3.05) is 26.2 Å². The van der Waals surface area contributed by atoms with E-state index in [1.165, 1.54) is 0 Å². The fourth-order valence-corrected chi connectivity index (χ4v) is 3.49. The van der Waals surface area contributed by atoms with Crippen LogP contribution in [0.4, 0.5) is 4.79 Å². The van der Waals surface area contributed by atoms with E-state index in [4.69, 9.17) is 5.73 Å². The summed E-state index contributed by atoms with van der Waals surface area (Å²) >= 11 is 0. The third-order valence-corrected chi connectivity index (χ3v) is 4.77. The number of primary amides is 1. The van der Waals surface area contributed by atoms with Crippen LogP contribution in [0.3, 0.4) is 0 Å². The van der Waals surface area contributed by atoms with Gasteiger partial charge in [-0.15, -0.1) is 0 Å². The molecule has 6 nitrogen and oxygen atoms in total. The summed E-state index contributed by atoms with van der Waals surface area (Å²) in [6.45, 7) is 7.34. The molecule has 2 aliphatic rings. The van der Waals surface area contributed by atoms with E-state index >= 15 is 0 Å². The normalized spacial score (nSPS) is 29.0. The lowest BCUT2D eigenvalue weighted by atomic mass is 9.76. The minimum absolute atomic E-state index is 0.00769. The van der Waals surface area contributed by atoms with Crippen molar-refractivity contribution < 1.29 is 9.59 Å². The molecule has 120 valence electrons. The number of rotatable bonds is 3. The highest BCUT2D eigenvalue weighted by Gasteiger charge is 2.40. The molecule has 0 aromatic carbocycles. The van der Waals surface area contributed by atoms with Crippen molar-refractivity contribution in [3.63, 3.8) is 0 Å². The van der Waals surface area contributed by atoms with Crippen LogP contribution in [0.5, 0.6) is 0 Å². The van der Waals surface area contributed by atoms with E-state index in [9.17, 15) is 9.59 Å². The summed E-state index contributed by atoms with van der Waals surface area (Å²) in [6, 6.07) is -0.581. The van der Waals surface area contributed by atoms with Crippen molar-refractivity contribution >= 4 is 11.9 Å². The van der Waals surface area contributed by atoms with Crippen LogP contribution < -0.4 is 16.4 Å². The number of urea groups is 1. The lowest BCUT2D eigenvalue weighted by molar-refractivity contribution is -0.139. The highest BCUT2D eigenvalue weighted by Crippen LogP contribution is 2.32. The molecule has 0 aliphatic carbocycles. The third-order valence-electron chi connectivity index (χ3n) is 4.77. The standard InChI is InChI=1S/C15H28N4O2/c1-15(2)6-4-7-17-12(15)13(20)19-8-3-5-11(10-19)9-18-14(16)21/h11-12,17H,3-10H2,1-2H3,(H3,16,18,21). The predicted octanol–water partition coefficient (Wildman–Crippen LogP) is 0.672. The van der Waals surface area contributed by atoms with Gasteiger partial charge in [0, 0.05) is 19.6 Å². The second kappa shape index (κ2) is 6.64. The zero-order valence-corrected chi connectivity index (χ0v) is 13.2. The number of piperidine rings is 2. The maximum Gasteiger partial charge on any atom is 0.312 e. The van der Waals surface area contributed by atoms with Gasteiger partial charge in [0.2, 0.25) is 5.91 Å². The molecule has 0 aromatic rings. The van der Waals surface area contributed by atoms with Crippen LogP contribution in [0.2, 0.25) is 0 Å². The Labute approximate surface area is 126 Å². The van der Waals surface area contributed by atoms with Crippen LogP contribution in [0.1, 0.15) is 39.5 Å². The molecule has 0 spiro atoms. The molecule has 2 heterocycles. The number of hydrogen-bond acceptors (Lipinski definition) is 3. The van der Waals surface area contributed by atoms with Gasteiger partial charge in [-0.1, -0.05) is 13.8 Å². The Morgan fingerprint density at radius 2 is 2.14 bits per heavy atom. The molecule has 2 saturated heterocycles. The van der Waals surface area contributed by atoms with Gasteiger partial charge in [-0.3, -0.25) is 4.79 Å². The predicted molar refractivity (Wildman–Crippen MR) is 81.7 cm³/mol. The fraction of sp³-hybridized carbons (Fsp3) is 0.867. The molecule has 21 heavy (non-hydrogen) atoms. The molecular formula is C15H28N4O2. The molecule has 0 aromatic heterocycles. The summed E-state index contributed by atoms with van der Waals surface area (Å²) in [5.74, 6) is 0.519. The van der Waals surface area contributed by atoms with E-state index in [0.29, 0.717) is 19.0 Å². The first kappa shape index (κ1) is 16.1. The van der Waals surface area contributed by atoms with E-state index in [-0.39, 0.29) is 17.4 Å². The molecule has 0 radical (unpaired) electrons. The Balaban J connectivity index is 1.93. The zero-order chi connectivity index (χ0) is 15.5. The Morgan fingerprint density at radius 3 is 2.81 bits per heavy atom. The quantitative estimate of drug-likeness (QED) is 0.715. The topological polar surface area (TPSA) is 87.5 Å². The number of nitrogens with zero attached hydrogens (tertiary/aromatic N) is 1. The second-order valence-corrected chi connectivity index (χ2v) is 7.02. The molecule has 2 aliphatic heterocycles. The van der Waals surface area contributed by atoms with Gasteiger partial charge < -0.3 is 21.3 Å². The number of likely N-dealkylation sites (tertiary alicyclic amines) is 1. The van der Waals surface area contributed by atoms with Crippen LogP contribution in [0, 0.1) is 11.3 Å². The number of carbonyl (C=O) groups excluding carboxylic acids is 2. The minimum Gasteiger partial charge on any atom is -0.352 e. The minimum atomic E-state index is -0.492. The van der Waals surface area contributed by atoms with Gasteiger partial charge in [-0.05, 0) is 43.6 Å². The molecule has 3 amide bonds. The van der Waals surface area contributed by atoms with E-state index in [0.717, 1.165) is 38.8 Å². The lowest BCUT2D eigenvalue weighted by Gasteiger charge is -2.42. The van der Waals surface area contributed by atoms with Gasteiger partial charge in [-0.2, -0.15) is 0 Å². The van der Waals surface area contributed by atoms with Gasteiger partial charge in [0.05, 0.1) is 6.04 Å². The summed E-state index contributed by atoms with van der Waals surface area (Å²) in [5, 5.41) is 6.05. The van der Waals surface area contributed by atoms with Crippen molar-refractivity contribution in [3.8, 4) is 0 Å². The van der Waals surface area contributed by atoms with Gasteiger partial charge in [0.1, 0.15) is 0 Å². The van der Waals surface area contributed by atoms with Crippen LogP contribution >= 0.6 is 0 Å². The molecule has 4 N–H and O–H groups in total. The SMILES string of the molecule is CC1(C)CCCNC1C(=O)N1CCCC(CNC(N)=O)C1. The zero-order valence-electron chi connectivity index (χ0n) is 13.2. The molecule has 0 bridgehead atoms. The first-order valence-electron chi connectivity index (χ1n) is 7.95. The van der Waals surface area contributed by atoms with Crippen LogP contribution in [-0.2, 0) is 4.79 Å². The third kappa shape index (κ3) is 4.09. The number of amides is 3. The average Bonchev–Trinajstić information content (AvgIpc) is 2.44. The highest BCUT2D eigenvalue weighted by molar-refractivity contribution is 5.83. The van der Waals surface area contributed by atoms with Crippen molar-refractivity contribution in [1.29, 1.82) is 0 Å². The van der Waals surface area contributed by atoms with E-state index < -0.39 is 6.03 Å². The summed E-state index contributed by atoms with van der Waals surface area (Å²) in [6.07, 6.45) is 4.23. The highest BCUT2D eigenvalue weighted by atomic mass is 16.2. The Bertz CT molecular complexity index is 397. The molecule has 6 heteroatoms. The smallest absolute Gasteiger partial charge is 0.312 e. The lowest BCUT2D eigenvalue weighted by Crippen LogP contribution is -2.58. The van der Waals surface area contributed by atoms with Crippen LogP contribution in [0.15, 0.2) is 0 Å². The van der Waals surface area contributed by atoms with Crippen LogP contribution in [0.25, 0.3) is 0 Å². The van der Waals surface area contributed by atoms with Gasteiger partial charge in [0.15, 0.2) is 0 Å². The van der Waals surface area contributed by atoms with Crippen LogP contribution in [-0.4, -0.2) is 49.1 Å². The largest absolute Gasteiger partial charge is 0.352 e. The molecule has 0 saturated carbocycles. The maximum atomic E-state index is 12.8. The summed E-state index contributed by atoms with van der Waals surface area (Å²) in [4.78, 5) is 25.6. The molecule has 2 unspecified atom stereocenters. The van der Waals surface area contributed by atoms with Gasteiger partial charge >= 0.3 is 6.03 Å². The number of nitrogens with one attached hydrogen (secondary N) is 2. The summed E-state index contributed by atoms with van der Waals surface area (Å²) in [7, 11) is 0. The molecule has 2 fully saturated rings. The number of nitrogens with two attached hydrogens (primary N) is 1. The Hall–Kier alpha value is -1.30. The summed E-state index contributed by atoms with van der Waals surface area (Å²) in [5.41, 5.74) is 5.12. The number of carbonyl (C=O) groups is 2. The molecule has 2 rings (SSSR count). The average molecular weight is 296 g/mol.